The molecule has 0 N–H and O–H groups in total. The van der Waals surface area contributed by atoms with Crippen molar-refractivity contribution in [1.82, 2.24) is 0 Å². The zero-order chi connectivity index (χ0) is 41.1. The van der Waals surface area contributed by atoms with E-state index in [0.717, 1.165) is 66.9 Å². The van der Waals surface area contributed by atoms with Gasteiger partial charge in [-0.3, -0.25) is 0 Å². The Morgan fingerprint density at radius 1 is 0.636 bits per heavy atom. The highest BCUT2D eigenvalue weighted by Crippen LogP contribution is 2.52. The summed E-state index contributed by atoms with van der Waals surface area (Å²) in [5.41, 5.74) is 9.17. The molecule has 55 heavy (non-hydrogen) atoms. The van der Waals surface area contributed by atoms with Crippen molar-refractivity contribution >= 4 is 22.3 Å². The summed E-state index contributed by atoms with van der Waals surface area (Å²) in [6.07, 6.45) is 19.5. The van der Waals surface area contributed by atoms with Crippen LogP contribution in [-0.4, -0.2) is 0 Å². The molecular weight excluding hydrogens is 718 g/mol. The fraction of sp³-hybridized carbons (Fsp3) is 0.250. The van der Waals surface area contributed by atoms with Crippen LogP contribution in [0.5, 0.6) is 17.2 Å². The van der Waals surface area contributed by atoms with E-state index < -0.39 is 17.0 Å². The first-order valence-electron chi connectivity index (χ1n) is 18.2. The van der Waals surface area contributed by atoms with Crippen LogP contribution in [0, 0.1) is 54.4 Å². The molecule has 0 aliphatic heterocycles. The average molecular weight is 777 g/mol. The Kier molecular flexibility index (Phi) is 19.9. The first kappa shape index (κ1) is 46.2. The van der Waals surface area contributed by atoms with E-state index in [2.05, 4.69) is 104 Å². The Hall–Kier alpha value is -5.00. The standard InChI is InChI=1S/C41H48O5P2.C5H8.C2H2/c1-12-18-37(27(3)4)43-47(39-22-17-15-20-31(39)8)45-40-32(9)23-28(5)25-35(40)36-26-29(6)24-33(10)41(36)46-48(42-34(11)13-2)44-38-21-16-14-19-30(38)7;1-3-5-4-2;1-2/h12-26H,1-11H3;3-5H,1H2,2H3;1-2H/b18-12-,34-13+;5-4+;. The minimum absolute atomic E-state index is 0.680. The first-order valence-corrected chi connectivity index (χ1v) is 20.4. The maximum atomic E-state index is 7.07. The van der Waals surface area contributed by atoms with E-state index in [1.54, 1.807) is 6.08 Å². The molecule has 4 aromatic rings. The number of hydrogen-bond acceptors (Lipinski definition) is 5. The second kappa shape index (κ2) is 23.7. The number of terminal acetylenes is 1. The van der Waals surface area contributed by atoms with E-state index in [1.165, 1.54) is 0 Å². The predicted molar refractivity (Wildman–Crippen MR) is 238 cm³/mol. The summed E-state index contributed by atoms with van der Waals surface area (Å²) in [6, 6.07) is 24.7. The molecule has 0 saturated carbocycles. The predicted octanol–water partition coefficient (Wildman–Crippen LogP) is 14.7. The molecule has 0 aliphatic rings. The summed E-state index contributed by atoms with van der Waals surface area (Å²) in [4.78, 5) is 0. The fourth-order valence-corrected chi connectivity index (χ4v) is 8.07. The summed E-state index contributed by atoms with van der Waals surface area (Å²) in [7, 11) is -3.42. The quantitative estimate of drug-likeness (QED) is 0.0552. The lowest BCUT2D eigenvalue weighted by atomic mass is 9.95. The molecule has 290 valence electrons. The monoisotopic (exact) mass is 776 g/mol. The zero-order valence-electron chi connectivity index (χ0n) is 34.7. The molecule has 2 unspecified atom stereocenters. The maximum Gasteiger partial charge on any atom is 0.529 e. The summed E-state index contributed by atoms with van der Waals surface area (Å²) >= 11 is 0. The number of aryl methyl sites for hydroxylation is 6. The Bertz CT molecular complexity index is 2010. The minimum Gasteiger partial charge on any atom is -0.435 e. The normalized spacial score (nSPS) is 12.0. The third-order valence-electron chi connectivity index (χ3n) is 7.99. The van der Waals surface area contributed by atoms with Gasteiger partial charge in [0.1, 0.15) is 28.8 Å². The van der Waals surface area contributed by atoms with Crippen LogP contribution in [0.4, 0.5) is 0 Å². The molecule has 7 heteroatoms. The SMILES string of the molecule is C#C.C/C=C\C(OP(Oc1c(C)cc(C)cc1-c1cc(C)cc(C)c1OP(O/C(C)=C/C)Oc1ccccc1C)c1ccccc1C)=C(C)C.C=C/C=C/C. The molecule has 5 nitrogen and oxygen atoms in total. The summed E-state index contributed by atoms with van der Waals surface area (Å²) < 4.78 is 33.3. The third-order valence-corrected chi connectivity index (χ3v) is 10.7. The van der Waals surface area contributed by atoms with Crippen molar-refractivity contribution in [3.8, 4) is 41.2 Å². The molecule has 2 atom stereocenters. The highest BCUT2D eigenvalue weighted by atomic mass is 31.2. The van der Waals surface area contributed by atoms with Crippen LogP contribution in [0.15, 0.2) is 133 Å². The highest BCUT2D eigenvalue weighted by Gasteiger charge is 2.28. The Balaban J connectivity index is 0.00000138. The van der Waals surface area contributed by atoms with Gasteiger partial charge in [-0.1, -0.05) is 79.4 Å². The Morgan fingerprint density at radius 3 is 1.65 bits per heavy atom. The Morgan fingerprint density at radius 2 is 1.18 bits per heavy atom. The van der Waals surface area contributed by atoms with Crippen molar-refractivity contribution in [1.29, 1.82) is 0 Å². The van der Waals surface area contributed by atoms with E-state index >= 15 is 0 Å². The number of allylic oxidation sites excluding steroid dienone is 8. The van der Waals surface area contributed by atoms with Crippen LogP contribution in [-0.2, 0) is 9.05 Å². The van der Waals surface area contributed by atoms with E-state index in [9.17, 15) is 0 Å². The van der Waals surface area contributed by atoms with Crippen molar-refractivity contribution in [3.05, 3.63) is 166 Å². The molecule has 0 bridgehead atoms. The molecule has 0 aromatic heterocycles. The van der Waals surface area contributed by atoms with Gasteiger partial charge in [0.05, 0.1) is 5.30 Å². The van der Waals surface area contributed by atoms with Gasteiger partial charge in [0.15, 0.2) is 0 Å². The number of rotatable bonds is 14. The molecule has 0 saturated heterocycles. The molecule has 4 rings (SSSR count). The van der Waals surface area contributed by atoms with Crippen LogP contribution in [0.25, 0.3) is 11.1 Å². The minimum atomic E-state index is -1.86. The zero-order valence-corrected chi connectivity index (χ0v) is 36.5. The summed E-state index contributed by atoms with van der Waals surface area (Å²) in [5, 5.41) is 1.02. The van der Waals surface area contributed by atoms with Crippen LogP contribution in [0.2, 0.25) is 0 Å². The topological polar surface area (TPSA) is 46.2 Å². The number of para-hydroxylation sites is 1. The lowest BCUT2D eigenvalue weighted by Gasteiger charge is -2.26. The van der Waals surface area contributed by atoms with Crippen molar-refractivity contribution < 1.29 is 22.6 Å². The van der Waals surface area contributed by atoms with Gasteiger partial charge in [0, 0.05) is 11.1 Å². The van der Waals surface area contributed by atoms with Crippen LogP contribution < -0.4 is 18.9 Å². The van der Waals surface area contributed by atoms with Gasteiger partial charge < -0.3 is 22.6 Å². The van der Waals surface area contributed by atoms with Gasteiger partial charge in [-0.2, -0.15) is 0 Å². The molecule has 0 radical (unpaired) electrons. The largest absolute Gasteiger partial charge is 0.529 e. The molecule has 4 aromatic carbocycles. The van der Waals surface area contributed by atoms with Crippen LogP contribution in [0.1, 0.15) is 74.9 Å². The van der Waals surface area contributed by atoms with Crippen molar-refractivity contribution in [2.45, 2.75) is 83.1 Å². The van der Waals surface area contributed by atoms with Crippen LogP contribution in [0.3, 0.4) is 0 Å². The van der Waals surface area contributed by atoms with E-state index in [4.69, 9.17) is 22.6 Å². The first-order chi connectivity index (χ1) is 26.3. The van der Waals surface area contributed by atoms with Gasteiger partial charge in [-0.15, -0.1) is 12.8 Å². The number of benzene rings is 4. The van der Waals surface area contributed by atoms with Crippen LogP contribution >= 0.6 is 17.0 Å². The molecular formula is C48H58O5P2. The summed E-state index contributed by atoms with van der Waals surface area (Å²) in [6.45, 7) is 27.8. The second-order valence-electron chi connectivity index (χ2n) is 12.9. The van der Waals surface area contributed by atoms with Crippen molar-refractivity contribution in [2.24, 2.45) is 0 Å². The van der Waals surface area contributed by atoms with Crippen molar-refractivity contribution in [2.75, 3.05) is 0 Å². The smallest absolute Gasteiger partial charge is 0.435 e. The van der Waals surface area contributed by atoms with Crippen molar-refractivity contribution in [3.63, 3.8) is 0 Å². The third kappa shape index (κ3) is 14.0. The van der Waals surface area contributed by atoms with E-state index in [-0.39, 0.29) is 0 Å². The van der Waals surface area contributed by atoms with Gasteiger partial charge >= 0.3 is 17.0 Å². The van der Waals surface area contributed by atoms with E-state index in [1.807, 2.05) is 101 Å². The van der Waals surface area contributed by atoms with Gasteiger partial charge in [0.25, 0.3) is 0 Å². The van der Waals surface area contributed by atoms with Gasteiger partial charge in [-0.25, -0.2) is 0 Å². The highest BCUT2D eigenvalue weighted by molar-refractivity contribution is 7.56. The fourth-order valence-electron chi connectivity index (χ4n) is 5.22. The molecule has 0 fully saturated rings. The molecule has 0 amide bonds. The van der Waals surface area contributed by atoms with E-state index in [0.29, 0.717) is 17.3 Å². The average Bonchev–Trinajstić information content (AvgIpc) is 3.15. The lowest BCUT2D eigenvalue weighted by molar-refractivity contribution is 0.330. The summed E-state index contributed by atoms with van der Waals surface area (Å²) in [5.74, 6) is 3.65. The Labute approximate surface area is 334 Å². The molecule has 0 heterocycles. The van der Waals surface area contributed by atoms with Gasteiger partial charge in [-0.05, 0) is 158 Å². The van der Waals surface area contributed by atoms with Gasteiger partial charge in [0.2, 0.25) is 0 Å². The molecule has 0 spiro atoms. The second-order valence-corrected chi connectivity index (χ2v) is 15.3. The number of hydrogen-bond donors (Lipinski definition) is 0. The lowest BCUT2D eigenvalue weighted by Crippen LogP contribution is -2.12. The molecule has 0 aliphatic carbocycles. The maximum absolute atomic E-state index is 7.07.